The molecule has 1 heterocycles. The van der Waals surface area contributed by atoms with Crippen LogP contribution in [0.15, 0.2) is 0 Å². The molecular weight excluding hydrogens is 186 g/mol. The van der Waals surface area contributed by atoms with E-state index in [0.29, 0.717) is 29.4 Å². The van der Waals surface area contributed by atoms with Gasteiger partial charge in [0.2, 0.25) is 0 Å². The van der Waals surface area contributed by atoms with Crippen LogP contribution in [0.3, 0.4) is 0 Å². The van der Waals surface area contributed by atoms with E-state index in [9.17, 15) is 8.42 Å². The minimum atomic E-state index is -2.70. The van der Waals surface area contributed by atoms with Gasteiger partial charge in [-0.05, 0) is 43.6 Å². The summed E-state index contributed by atoms with van der Waals surface area (Å²) in [5.41, 5.74) is 5.87. The fourth-order valence-corrected chi connectivity index (χ4v) is 4.53. The molecule has 0 amide bonds. The number of rotatable bonds is 3. The van der Waals surface area contributed by atoms with Crippen LogP contribution in [0.25, 0.3) is 0 Å². The predicted molar refractivity (Wildman–Crippen MR) is 52.1 cm³/mol. The van der Waals surface area contributed by atoms with E-state index in [1.807, 2.05) is 0 Å². The highest BCUT2D eigenvalue weighted by Crippen LogP contribution is 2.57. The van der Waals surface area contributed by atoms with E-state index in [-0.39, 0.29) is 0 Å². The molecule has 0 spiro atoms. The Morgan fingerprint density at radius 1 is 1.38 bits per heavy atom. The molecule has 2 aliphatic rings. The van der Waals surface area contributed by atoms with Gasteiger partial charge in [-0.15, -0.1) is 0 Å². The zero-order valence-corrected chi connectivity index (χ0v) is 8.65. The van der Waals surface area contributed by atoms with Gasteiger partial charge in [-0.3, -0.25) is 0 Å². The van der Waals surface area contributed by atoms with Crippen molar-refractivity contribution in [1.29, 1.82) is 0 Å². The first-order chi connectivity index (χ1) is 6.08. The lowest BCUT2D eigenvalue weighted by Gasteiger charge is -2.20. The zero-order chi connectivity index (χ0) is 9.53. The number of nitrogens with two attached hydrogens (primary N) is 1. The summed E-state index contributed by atoms with van der Waals surface area (Å²) < 4.78 is 22.6. The SMILES string of the molecule is NCCC1(C2CCS(=O)(=O)C2)CC1. The predicted octanol–water partition coefficient (Wildman–Crippen LogP) is 0.550. The smallest absolute Gasteiger partial charge is 0.150 e. The lowest BCUT2D eigenvalue weighted by molar-refractivity contribution is 0.320. The Morgan fingerprint density at radius 3 is 2.46 bits per heavy atom. The molecule has 1 saturated heterocycles. The zero-order valence-electron chi connectivity index (χ0n) is 7.83. The number of sulfone groups is 1. The summed E-state index contributed by atoms with van der Waals surface area (Å²) in [5, 5.41) is 0. The maximum atomic E-state index is 11.3. The van der Waals surface area contributed by atoms with Crippen molar-refractivity contribution in [2.24, 2.45) is 17.1 Å². The van der Waals surface area contributed by atoms with Crippen LogP contribution < -0.4 is 5.73 Å². The van der Waals surface area contributed by atoms with Crippen LogP contribution in [0, 0.1) is 11.3 Å². The van der Waals surface area contributed by atoms with Gasteiger partial charge in [-0.1, -0.05) is 0 Å². The van der Waals surface area contributed by atoms with E-state index in [1.165, 1.54) is 12.8 Å². The molecule has 1 saturated carbocycles. The van der Waals surface area contributed by atoms with Crippen molar-refractivity contribution >= 4 is 9.84 Å². The standard InChI is InChI=1S/C9H17NO2S/c10-5-4-9(2-3-9)8-1-6-13(11,12)7-8/h8H,1-7,10H2. The molecule has 1 aliphatic carbocycles. The Kier molecular flexibility index (Phi) is 2.15. The second-order valence-corrected chi connectivity index (χ2v) is 6.73. The van der Waals surface area contributed by atoms with Crippen LogP contribution >= 0.6 is 0 Å². The van der Waals surface area contributed by atoms with E-state index in [2.05, 4.69) is 0 Å². The molecule has 2 rings (SSSR count). The first kappa shape index (κ1) is 9.46. The highest BCUT2D eigenvalue weighted by Gasteiger charge is 2.51. The molecule has 2 N–H and O–H groups in total. The summed E-state index contributed by atoms with van der Waals surface area (Å²) >= 11 is 0. The van der Waals surface area contributed by atoms with Crippen molar-refractivity contribution in [3.8, 4) is 0 Å². The van der Waals surface area contributed by atoms with E-state index >= 15 is 0 Å². The van der Waals surface area contributed by atoms with Crippen LogP contribution in [0.1, 0.15) is 25.7 Å². The molecule has 1 atom stereocenters. The minimum Gasteiger partial charge on any atom is -0.330 e. The topological polar surface area (TPSA) is 60.2 Å². The van der Waals surface area contributed by atoms with Gasteiger partial charge in [0.25, 0.3) is 0 Å². The molecule has 0 radical (unpaired) electrons. The van der Waals surface area contributed by atoms with Crippen molar-refractivity contribution in [2.75, 3.05) is 18.1 Å². The second-order valence-electron chi connectivity index (χ2n) is 4.50. The van der Waals surface area contributed by atoms with Crippen LogP contribution in [0.4, 0.5) is 0 Å². The summed E-state index contributed by atoms with van der Waals surface area (Å²) in [7, 11) is -2.70. The molecule has 3 nitrogen and oxygen atoms in total. The average molecular weight is 203 g/mol. The molecular formula is C9H17NO2S. The molecule has 0 aromatic rings. The van der Waals surface area contributed by atoms with E-state index in [4.69, 9.17) is 5.73 Å². The third-order valence-electron chi connectivity index (χ3n) is 3.63. The second kappa shape index (κ2) is 2.95. The van der Waals surface area contributed by atoms with E-state index < -0.39 is 9.84 Å². The minimum absolute atomic E-state index is 0.332. The molecule has 76 valence electrons. The maximum absolute atomic E-state index is 11.3. The molecule has 13 heavy (non-hydrogen) atoms. The monoisotopic (exact) mass is 203 g/mol. The van der Waals surface area contributed by atoms with Gasteiger partial charge < -0.3 is 5.73 Å². The fourth-order valence-electron chi connectivity index (χ4n) is 2.59. The fraction of sp³-hybridized carbons (Fsp3) is 1.00. The summed E-state index contributed by atoms with van der Waals surface area (Å²) in [6.45, 7) is 0.705. The van der Waals surface area contributed by atoms with Gasteiger partial charge in [0.15, 0.2) is 9.84 Å². The number of hydrogen-bond donors (Lipinski definition) is 1. The van der Waals surface area contributed by atoms with Crippen molar-refractivity contribution in [3.05, 3.63) is 0 Å². The van der Waals surface area contributed by atoms with Gasteiger partial charge in [0, 0.05) is 0 Å². The van der Waals surface area contributed by atoms with Gasteiger partial charge in [-0.25, -0.2) is 8.42 Å². The highest BCUT2D eigenvalue weighted by molar-refractivity contribution is 7.91. The van der Waals surface area contributed by atoms with Crippen LogP contribution in [-0.4, -0.2) is 26.5 Å². The molecule has 2 fully saturated rings. The Hall–Kier alpha value is -0.0900. The summed E-state index contributed by atoms with van der Waals surface area (Å²) in [6, 6.07) is 0. The molecule has 1 unspecified atom stereocenters. The summed E-state index contributed by atoms with van der Waals surface area (Å²) in [5.74, 6) is 1.25. The van der Waals surface area contributed by atoms with Crippen LogP contribution in [-0.2, 0) is 9.84 Å². The highest BCUT2D eigenvalue weighted by atomic mass is 32.2. The van der Waals surface area contributed by atoms with Gasteiger partial charge >= 0.3 is 0 Å². The van der Waals surface area contributed by atoms with Crippen LogP contribution in [0.5, 0.6) is 0 Å². The Bertz CT molecular complexity index is 293. The van der Waals surface area contributed by atoms with Crippen molar-refractivity contribution in [1.82, 2.24) is 0 Å². The van der Waals surface area contributed by atoms with Crippen LogP contribution in [0.2, 0.25) is 0 Å². The van der Waals surface area contributed by atoms with Gasteiger partial charge in [0.05, 0.1) is 11.5 Å². The Morgan fingerprint density at radius 2 is 2.08 bits per heavy atom. The lowest BCUT2D eigenvalue weighted by Crippen LogP contribution is -2.20. The Labute approximate surface area is 79.6 Å². The average Bonchev–Trinajstić information content (AvgIpc) is 2.72. The van der Waals surface area contributed by atoms with E-state index in [0.717, 1.165) is 12.8 Å². The molecule has 0 aromatic heterocycles. The van der Waals surface area contributed by atoms with Crippen molar-refractivity contribution < 1.29 is 8.42 Å². The van der Waals surface area contributed by atoms with Gasteiger partial charge in [0.1, 0.15) is 0 Å². The molecule has 4 heteroatoms. The molecule has 0 aromatic carbocycles. The van der Waals surface area contributed by atoms with E-state index in [1.54, 1.807) is 0 Å². The van der Waals surface area contributed by atoms with Crippen molar-refractivity contribution in [3.63, 3.8) is 0 Å². The number of hydrogen-bond acceptors (Lipinski definition) is 3. The quantitative estimate of drug-likeness (QED) is 0.728. The summed E-state index contributed by atoms with van der Waals surface area (Å²) in [6.07, 6.45) is 4.30. The Balaban J connectivity index is 2.03. The summed E-state index contributed by atoms with van der Waals surface area (Å²) in [4.78, 5) is 0. The third kappa shape index (κ3) is 1.74. The largest absolute Gasteiger partial charge is 0.330 e. The molecule has 1 aliphatic heterocycles. The third-order valence-corrected chi connectivity index (χ3v) is 5.40. The maximum Gasteiger partial charge on any atom is 0.150 e. The van der Waals surface area contributed by atoms with Gasteiger partial charge in [-0.2, -0.15) is 0 Å². The molecule has 0 bridgehead atoms. The lowest BCUT2D eigenvalue weighted by atomic mass is 9.86. The van der Waals surface area contributed by atoms with Crippen molar-refractivity contribution in [2.45, 2.75) is 25.7 Å². The first-order valence-corrected chi connectivity index (χ1v) is 6.81. The normalized spacial score (nSPS) is 34.7. The first-order valence-electron chi connectivity index (χ1n) is 4.98.